The Kier molecular flexibility index (Phi) is 4.97. The Hall–Kier alpha value is -3.21. The maximum Gasteiger partial charge on any atom is 0.509 e. The molecule has 0 bridgehead atoms. The lowest BCUT2D eigenvalue weighted by Crippen LogP contribution is -2.36. The van der Waals surface area contributed by atoms with E-state index in [1.165, 1.54) is 12.7 Å². The Labute approximate surface area is 176 Å². The summed E-state index contributed by atoms with van der Waals surface area (Å²) in [6.45, 7) is 1.65. The van der Waals surface area contributed by atoms with Gasteiger partial charge in [0.1, 0.15) is 23.7 Å². The van der Waals surface area contributed by atoms with Gasteiger partial charge in [0.25, 0.3) is 0 Å². The minimum Gasteiger partial charge on any atom is -0.426 e. The van der Waals surface area contributed by atoms with Crippen molar-refractivity contribution in [3.05, 3.63) is 43.0 Å². The lowest BCUT2D eigenvalue weighted by atomic mass is 10.1. The number of para-hydroxylation sites is 1. The predicted molar refractivity (Wildman–Crippen MR) is 105 cm³/mol. The molecule has 2 aliphatic heterocycles. The summed E-state index contributed by atoms with van der Waals surface area (Å²) in [6.07, 6.45) is -1.93. The fourth-order valence-electron chi connectivity index (χ4n) is 3.66. The molecular formula is C18H18N5O7P. The second-order valence-corrected chi connectivity index (χ2v) is 7.92. The summed E-state index contributed by atoms with van der Waals surface area (Å²) in [5.74, 6) is 0.627. The van der Waals surface area contributed by atoms with E-state index in [1.54, 1.807) is 35.8 Å². The van der Waals surface area contributed by atoms with Crippen molar-refractivity contribution in [1.82, 2.24) is 19.5 Å². The van der Waals surface area contributed by atoms with E-state index in [2.05, 4.69) is 15.0 Å². The molecule has 2 aliphatic rings. The van der Waals surface area contributed by atoms with Gasteiger partial charge in [-0.25, -0.2) is 24.3 Å². The summed E-state index contributed by atoms with van der Waals surface area (Å²) in [5, 5.41) is 0. The number of nitrogens with two attached hydrogens (primary N) is 1. The van der Waals surface area contributed by atoms with Crippen LogP contribution in [0.5, 0.6) is 5.75 Å². The molecule has 5 rings (SSSR count). The van der Waals surface area contributed by atoms with E-state index >= 15 is 0 Å². The number of hydrogen-bond acceptors (Lipinski definition) is 11. The Morgan fingerprint density at radius 2 is 1.94 bits per heavy atom. The molecule has 4 heterocycles. The van der Waals surface area contributed by atoms with E-state index in [-0.39, 0.29) is 5.82 Å². The second-order valence-electron chi connectivity index (χ2n) is 6.98. The molecule has 0 radical (unpaired) electrons. The predicted octanol–water partition coefficient (Wildman–Crippen LogP) is 2.08. The molecule has 2 saturated heterocycles. The van der Waals surface area contributed by atoms with E-state index in [1.807, 2.05) is 6.07 Å². The van der Waals surface area contributed by atoms with E-state index in [4.69, 9.17) is 29.0 Å². The molecule has 0 saturated carbocycles. The molecule has 2 N–H and O–H groups in total. The number of aromatic nitrogens is 4. The van der Waals surface area contributed by atoms with Crippen molar-refractivity contribution in [3.8, 4) is 5.75 Å². The number of ether oxygens (including phenoxy) is 3. The van der Waals surface area contributed by atoms with Crippen LogP contribution in [0.3, 0.4) is 0 Å². The lowest BCUT2D eigenvalue weighted by Gasteiger charge is -2.22. The summed E-state index contributed by atoms with van der Waals surface area (Å²) in [4.78, 5) is 24.2. The third-order valence-corrected chi connectivity index (χ3v) is 6.01. The Bertz CT molecular complexity index is 1140. The highest BCUT2D eigenvalue weighted by atomic mass is 31.1. The number of benzene rings is 1. The van der Waals surface area contributed by atoms with E-state index in [0.29, 0.717) is 16.9 Å². The summed E-state index contributed by atoms with van der Waals surface area (Å²) in [6, 6.07) is 8.65. The minimum absolute atomic E-state index is 0.211. The normalized spacial score (nSPS) is 26.8. The monoisotopic (exact) mass is 447 g/mol. The van der Waals surface area contributed by atoms with Gasteiger partial charge in [-0.05, 0) is 19.1 Å². The largest absolute Gasteiger partial charge is 0.509 e. The van der Waals surface area contributed by atoms with Crippen molar-refractivity contribution in [3.63, 3.8) is 0 Å². The third kappa shape index (κ3) is 3.58. The van der Waals surface area contributed by atoms with Crippen molar-refractivity contribution in [1.29, 1.82) is 0 Å². The maximum atomic E-state index is 12.4. The van der Waals surface area contributed by atoms with Crippen LogP contribution < -0.4 is 10.3 Å². The van der Waals surface area contributed by atoms with Gasteiger partial charge in [0.2, 0.25) is 0 Å². The fourth-order valence-corrected chi connectivity index (χ4v) is 4.47. The van der Waals surface area contributed by atoms with Crippen LogP contribution in [0.15, 0.2) is 43.0 Å². The molecule has 1 aromatic carbocycles. The first-order chi connectivity index (χ1) is 15.0. The Morgan fingerprint density at radius 1 is 1.16 bits per heavy atom. The SMILES string of the molecule is C[C@H](O[PH](=O)Oc1ccccc1)[C@H]1O[C@@H](n2cnc3c(N)ncnc32)[C@@H]2OC(=O)O[C@@H]21. The smallest absolute Gasteiger partial charge is 0.426 e. The average molecular weight is 447 g/mol. The number of fused-ring (bicyclic) bond motifs is 2. The quantitative estimate of drug-likeness (QED) is 0.437. The molecule has 13 heteroatoms. The van der Waals surface area contributed by atoms with Crippen LogP contribution in [0, 0.1) is 0 Å². The van der Waals surface area contributed by atoms with Gasteiger partial charge in [0.05, 0.1) is 12.4 Å². The fraction of sp³-hybridized carbons (Fsp3) is 0.333. The van der Waals surface area contributed by atoms with Crippen LogP contribution in [0.1, 0.15) is 13.2 Å². The molecule has 0 amide bonds. The number of nitrogens with zero attached hydrogens (tertiary/aromatic N) is 4. The molecule has 12 nitrogen and oxygen atoms in total. The van der Waals surface area contributed by atoms with Crippen molar-refractivity contribution in [2.75, 3.05) is 5.73 Å². The molecular weight excluding hydrogens is 429 g/mol. The van der Waals surface area contributed by atoms with E-state index < -0.39 is 45.1 Å². The van der Waals surface area contributed by atoms with Crippen molar-refractivity contribution < 1.29 is 32.6 Å². The summed E-state index contributed by atoms with van der Waals surface area (Å²) in [7, 11) is -2.90. The van der Waals surface area contributed by atoms with E-state index in [9.17, 15) is 9.36 Å². The van der Waals surface area contributed by atoms with Crippen LogP contribution in [-0.4, -0.2) is 50.1 Å². The van der Waals surface area contributed by atoms with Crippen LogP contribution in [0.25, 0.3) is 11.2 Å². The molecule has 0 aliphatic carbocycles. The van der Waals surface area contributed by atoms with Crippen LogP contribution >= 0.6 is 8.25 Å². The van der Waals surface area contributed by atoms with Crippen molar-refractivity contribution in [2.24, 2.45) is 0 Å². The summed E-state index contributed by atoms with van der Waals surface area (Å²) >= 11 is 0. The number of nitrogen functional groups attached to an aromatic ring is 1. The first-order valence-corrected chi connectivity index (χ1v) is 10.6. The highest BCUT2D eigenvalue weighted by Gasteiger charge is 2.57. The molecule has 162 valence electrons. The number of imidazole rings is 1. The summed E-state index contributed by atoms with van der Waals surface area (Å²) in [5.41, 5.74) is 6.65. The van der Waals surface area contributed by atoms with Gasteiger partial charge < -0.3 is 24.5 Å². The van der Waals surface area contributed by atoms with Crippen LogP contribution in [0.4, 0.5) is 10.6 Å². The molecule has 1 unspecified atom stereocenters. The molecule has 2 fully saturated rings. The minimum atomic E-state index is -2.90. The number of hydrogen-bond donors (Lipinski definition) is 1. The van der Waals surface area contributed by atoms with Gasteiger partial charge in [0.15, 0.2) is 29.9 Å². The number of carbonyl (C=O) groups excluding carboxylic acids is 1. The molecule has 31 heavy (non-hydrogen) atoms. The standard InChI is InChI=1S/C18H18N5O7P/c1-9(29-31(25)30-10-5-3-2-4-6-10)12-13-14(28-18(24)27-13)17(26-12)23-8-22-11-15(19)20-7-21-16(11)23/h2-9,12-14,17,31H,1H3,(H2,19,20,21)/t9-,12+,13+,14+,17+/m0/s1. The number of carbonyl (C=O) groups is 1. The van der Waals surface area contributed by atoms with Crippen LogP contribution in [0.2, 0.25) is 0 Å². The number of anilines is 1. The highest BCUT2D eigenvalue weighted by Crippen LogP contribution is 2.42. The zero-order valence-corrected chi connectivity index (χ0v) is 17.2. The number of rotatable bonds is 6. The molecule has 3 aromatic rings. The first-order valence-electron chi connectivity index (χ1n) is 9.40. The van der Waals surface area contributed by atoms with Gasteiger partial charge in [0, 0.05) is 0 Å². The first kappa shape index (κ1) is 19.7. The third-order valence-electron chi connectivity index (χ3n) is 5.04. The van der Waals surface area contributed by atoms with Gasteiger partial charge in [-0.15, -0.1) is 0 Å². The van der Waals surface area contributed by atoms with Gasteiger partial charge in [-0.1, -0.05) is 18.2 Å². The average Bonchev–Trinajstić information content (AvgIpc) is 3.42. The Balaban J connectivity index is 1.36. The van der Waals surface area contributed by atoms with Gasteiger partial charge >= 0.3 is 14.4 Å². The lowest BCUT2D eigenvalue weighted by molar-refractivity contribution is -0.0872. The van der Waals surface area contributed by atoms with E-state index in [0.717, 1.165) is 0 Å². The molecule has 0 spiro atoms. The van der Waals surface area contributed by atoms with Crippen LogP contribution in [-0.2, 0) is 23.3 Å². The zero-order valence-electron chi connectivity index (χ0n) is 16.2. The molecule has 2 aromatic heterocycles. The zero-order chi connectivity index (χ0) is 21.5. The maximum absolute atomic E-state index is 12.4. The van der Waals surface area contributed by atoms with Crippen molar-refractivity contribution >= 4 is 31.4 Å². The van der Waals surface area contributed by atoms with Gasteiger partial charge in [-0.2, -0.15) is 0 Å². The second kappa shape index (κ2) is 7.80. The van der Waals surface area contributed by atoms with Gasteiger partial charge in [-0.3, -0.25) is 9.09 Å². The molecule has 6 atom stereocenters. The highest BCUT2D eigenvalue weighted by molar-refractivity contribution is 7.33. The van der Waals surface area contributed by atoms with Crippen molar-refractivity contribution in [2.45, 2.75) is 37.6 Å². The Morgan fingerprint density at radius 3 is 2.74 bits per heavy atom. The topological polar surface area (TPSA) is 150 Å². The summed E-state index contributed by atoms with van der Waals surface area (Å²) < 4.78 is 41.5.